The number of aryl methyl sites for hydroxylation is 3. The first-order valence-electron chi connectivity index (χ1n) is 15.0. The van der Waals surface area contributed by atoms with Gasteiger partial charge in [0.15, 0.2) is 0 Å². The van der Waals surface area contributed by atoms with Crippen LogP contribution in [0.3, 0.4) is 0 Å². The van der Waals surface area contributed by atoms with Crippen molar-refractivity contribution in [3.8, 4) is 11.1 Å². The quantitative estimate of drug-likeness (QED) is 0.171. The van der Waals surface area contributed by atoms with E-state index in [4.69, 9.17) is 9.97 Å². The molecule has 6 heteroatoms. The number of nitrogens with one attached hydrogen (secondary N) is 4. The molecule has 8 bridgehead atoms. The molecule has 0 atom stereocenters. The summed E-state index contributed by atoms with van der Waals surface area (Å²) in [6.45, 7) is 7.21. The lowest BCUT2D eigenvalue weighted by Gasteiger charge is -2.12. The van der Waals surface area contributed by atoms with E-state index < -0.39 is 0 Å². The average Bonchev–Trinajstić information content (AvgIpc) is 3.90. The van der Waals surface area contributed by atoms with Crippen molar-refractivity contribution in [2.75, 3.05) is 6.54 Å². The molecule has 8 rings (SSSR count). The highest BCUT2D eigenvalue weighted by molar-refractivity contribution is 5.93. The van der Waals surface area contributed by atoms with E-state index in [1.165, 1.54) is 0 Å². The number of allylic oxidation sites excluding steroid dienone is 1. The molecule has 0 amide bonds. The molecule has 44 heavy (non-hydrogen) atoms. The molecular weight excluding hydrogens is 540 g/mol. The fourth-order valence-corrected chi connectivity index (χ4v) is 6.26. The Morgan fingerprint density at radius 2 is 1.18 bits per heavy atom. The van der Waals surface area contributed by atoms with Gasteiger partial charge in [0.2, 0.25) is 0 Å². The van der Waals surface area contributed by atoms with Gasteiger partial charge in [-0.05, 0) is 115 Å². The predicted octanol–water partition coefficient (Wildman–Crippen LogP) is 8.49. The van der Waals surface area contributed by atoms with E-state index in [0.29, 0.717) is 0 Å². The number of aromatic nitrogens is 5. The van der Waals surface area contributed by atoms with Gasteiger partial charge in [-0.1, -0.05) is 30.3 Å². The predicted molar refractivity (Wildman–Crippen MR) is 182 cm³/mol. The lowest BCUT2D eigenvalue weighted by atomic mass is 9.96. The Labute approximate surface area is 255 Å². The van der Waals surface area contributed by atoms with E-state index in [1.54, 1.807) is 0 Å². The van der Waals surface area contributed by atoms with Gasteiger partial charge in [-0.15, -0.1) is 0 Å². The van der Waals surface area contributed by atoms with Crippen LogP contribution in [0.4, 0.5) is 0 Å². The number of rotatable bonds is 3. The van der Waals surface area contributed by atoms with Crippen molar-refractivity contribution in [3.63, 3.8) is 0 Å². The van der Waals surface area contributed by atoms with Crippen LogP contribution in [0.2, 0.25) is 0 Å². The van der Waals surface area contributed by atoms with Gasteiger partial charge >= 0.3 is 0 Å². The van der Waals surface area contributed by atoms with Crippen LogP contribution >= 0.6 is 0 Å². The first kappa shape index (κ1) is 26.0. The zero-order valence-corrected chi connectivity index (χ0v) is 24.9. The lowest BCUT2D eigenvalue weighted by molar-refractivity contribution is 0.982. The summed E-state index contributed by atoms with van der Waals surface area (Å²) in [5.41, 5.74) is 18.0. The Hall–Kier alpha value is -5.62. The third kappa shape index (κ3) is 4.34. The Kier molecular flexibility index (Phi) is 6.08. The maximum absolute atomic E-state index is 5.18. The lowest BCUT2D eigenvalue weighted by Crippen LogP contribution is -2.08. The number of aromatic amines is 3. The summed E-state index contributed by atoms with van der Waals surface area (Å²) in [6, 6.07) is 21.5. The van der Waals surface area contributed by atoms with Crippen molar-refractivity contribution in [3.05, 3.63) is 135 Å². The zero-order chi connectivity index (χ0) is 29.8. The van der Waals surface area contributed by atoms with Crippen molar-refractivity contribution >= 4 is 51.9 Å². The van der Waals surface area contributed by atoms with Gasteiger partial charge in [0.05, 0.1) is 22.8 Å². The summed E-state index contributed by atoms with van der Waals surface area (Å²) in [4.78, 5) is 20.9. The summed E-state index contributed by atoms with van der Waals surface area (Å²) >= 11 is 0. The molecule has 214 valence electrons. The van der Waals surface area contributed by atoms with Crippen molar-refractivity contribution < 1.29 is 0 Å². The molecule has 0 saturated carbocycles. The first-order valence-corrected chi connectivity index (χ1v) is 15.0. The SMILES string of the molecule is Cc1c2nc(c(C)c3ccc([nH]3)c(-c3ccc(/C(=C4\C=CCN4)c4ccc[nH]4)cc3)c3nc(c(C)c4ccc1[nH]4)C=C3)C=C2. The minimum absolute atomic E-state index is 0.839. The molecule has 0 fully saturated rings. The largest absolute Gasteiger partial charge is 0.381 e. The molecule has 1 aromatic carbocycles. The maximum Gasteiger partial charge on any atom is 0.0737 e. The van der Waals surface area contributed by atoms with Crippen LogP contribution in [-0.4, -0.2) is 31.5 Å². The second-order valence-corrected chi connectivity index (χ2v) is 11.5. The Bertz CT molecular complexity index is 2230. The van der Waals surface area contributed by atoms with Crippen LogP contribution in [0.5, 0.6) is 0 Å². The zero-order valence-electron chi connectivity index (χ0n) is 24.9. The van der Waals surface area contributed by atoms with Crippen LogP contribution in [-0.2, 0) is 0 Å². The molecule has 4 aromatic heterocycles. The summed E-state index contributed by atoms with van der Waals surface area (Å²) in [5, 5.41) is 3.51. The molecule has 0 saturated heterocycles. The molecule has 0 aliphatic carbocycles. The van der Waals surface area contributed by atoms with Gasteiger partial charge in [-0.3, -0.25) is 0 Å². The third-order valence-electron chi connectivity index (χ3n) is 8.84. The van der Waals surface area contributed by atoms with Gasteiger partial charge in [-0.2, -0.15) is 0 Å². The van der Waals surface area contributed by atoms with Gasteiger partial charge in [0.25, 0.3) is 0 Å². The van der Waals surface area contributed by atoms with Gasteiger partial charge < -0.3 is 20.3 Å². The molecule has 7 heterocycles. The van der Waals surface area contributed by atoms with Crippen molar-refractivity contribution in [1.29, 1.82) is 0 Å². The highest BCUT2D eigenvalue weighted by Crippen LogP contribution is 2.34. The molecule has 0 unspecified atom stereocenters. The summed E-state index contributed by atoms with van der Waals surface area (Å²) in [6.07, 6.45) is 14.7. The van der Waals surface area contributed by atoms with Crippen LogP contribution < -0.4 is 5.32 Å². The number of hydrogen-bond acceptors (Lipinski definition) is 3. The van der Waals surface area contributed by atoms with Gasteiger partial charge in [0, 0.05) is 57.3 Å². The maximum atomic E-state index is 5.18. The third-order valence-corrected chi connectivity index (χ3v) is 8.84. The fourth-order valence-electron chi connectivity index (χ4n) is 6.26. The second-order valence-electron chi connectivity index (χ2n) is 11.5. The van der Waals surface area contributed by atoms with Crippen molar-refractivity contribution in [2.45, 2.75) is 20.8 Å². The molecule has 5 aromatic rings. The molecule has 6 nitrogen and oxygen atoms in total. The number of fused-ring (bicyclic) bond motifs is 8. The topological polar surface area (TPSA) is 85.2 Å². The molecule has 4 N–H and O–H groups in total. The number of hydrogen-bond donors (Lipinski definition) is 4. The monoisotopic (exact) mass is 572 g/mol. The summed E-state index contributed by atoms with van der Waals surface area (Å²) in [7, 11) is 0. The first-order chi connectivity index (χ1) is 21.5. The normalized spacial score (nSPS) is 14.8. The summed E-state index contributed by atoms with van der Waals surface area (Å²) in [5.74, 6) is 0. The minimum atomic E-state index is 0.839. The van der Waals surface area contributed by atoms with E-state index in [1.807, 2.05) is 12.3 Å². The number of benzene rings is 1. The number of H-pyrrole nitrogens is 3. The number of nitrogens with zero attached hydrogens (tertiary/aromatic N) is 2. The van der Waals surface area contributed by atoms with Crippen molar-refractivity contribution in [1.82, 2.24) is 30.2 Å². The Balaban J connectivity index is 1.37. The Morgan fingerprint density at radius 1 is 0.614 bits per heavy atom. The van der Waals surface area contributed by atoms with Crippen LogP contribution in [0, 0.1) is 20.8 Å². The van der Waals surface area contributed by atoms with Crippen LogP contribution in [0.25, 0.3) is 63.1 Å². The van der Waals surface area contributed by atoms with Gasteiger partial charge in [0.1, 0.15) is 0 Å². The molecule has 3 aliphatic heterocycles. The van der Waals surface area contributed by atoms with E-state index in [2.05, 4.69) is 132 Å². The standard InChI is InChI=1S/C38H32N6/c1-22-27-12-14-29(41-27)23(2)31-16-18-35(43-31)38(36-19-17-32(44-36)24(3)30-15-13-28(22)42-30)26-10-8-25(9-11-26)37(33-6-4-20-39-33)34-7-5-21-40-34/h4-20,39-41,44H,21H2,1-3H3/b27-22?,28-22?,29-23?,30-24?,31-23?,32-24?,37-34-,38-35?,38-36?. The molecule has 0 spiro atoms. The summed E-state index contributed by atoms with van der Waals surface area (Å²) < 4.78 is 0. The van der Waals surface area contributed by atoms with E-state index in [-0.39, 0.29) is 0 Å². The fraction of sp³-hybridized carbons (Fsp3) is 0.105. The molecule has 3 aliphatic rings. The highest BCUT2D eigenvalue weighted by Gasteiger charge is 2.17. The van der Waals surface area contributed by atoms with E-state index in [9.17, 15) is 0 Å². The van der Waals surface area contributed by atoms with Gasteiger partial charge in [-0.25, -0.2) is 9.97 Å². The minimum Gasteiger partial charge on any atom is -0.381 e. The smallest absolute Gasteiger partial charge is 0.0737 e. The Morgan fingerprint density at radius 3 is 1.75 bits per heavy atom. The highest BCUT2D eigenvalue weighted by atomic mass is 14.9. The molecular formula is C38H32N6. The average molecular weight is 573 g/mol. The van der Waals surface area contributed by atoms with E-state index in [0.717, 1.165) is 102 Å². The van der Waals surface area contributed by atoms with E-state index >= 15 is 0 Å². The second kappa shape index (κ2) is 10.3. The van der Waals surface area contributed by atoms with Crippen LogP contribution in [0.1, 0.15) is 50.7 Å². The van der Waals surface area contributed by atoms with Crippen LogP contribution in [0.15, 0.2) is 84.7 Å². The van der Waals surface area contributed by atoms with Crippen molar-refractivity contribution in [2.24, 2.45) is 0 Å². The molecule has 0 radical (unpaired) electrons.